The van der Waals surface area contributed by atoms with E-state index in [0.29, 0.717) is 31.0 Å². The first-order valence-electron chi connectivity index (χ1n) is 10.8. The number of aryl methyl sites for hydroxylation is 1. The predicted octanol–water partition coefficient (Wildman–Crippen LogP) is 3.69. The summed E-state index contributed by atoms with van der Waals surface area (Å²) in [6.07, 6.45) is 5.39. The van der Waals surface area contributed by atoms with Crippen LogP contribution in [0, 0.1) is 5.92 Å². The van der Waals surface area contributed by atoms with E-state index in [9.17, 15) is 13.2 Å². The van der Waals surface area contributed by atoms with Gasteiger partial charge in [-0.25, -0.2) is 13.4 Å². The van der Waals surface area contributed by atoms with Gasteiger partial charge in [0.05, 0.1) is 22.1 Å². The predicted molar refractivity (Wildman–Crippen MR) is 118 cm³/mol. The Bertz CT molecular complexity index is 991. The van der Waals surface area contributed by atoms with Gasteiger partial charge >= 0.3 is 0 Å². The van der Waals surface area contributed by atoms with E-state index in [0.717, 1.165) is 48.4 Å². The highest BCUT2D eigenvalue weighted by molar-refractivity contribution is 7.89. The van der Waals surface area contributed by atoms with Crippen molar-refractivity contribution in [2.24, 2.45) is 5.92 Å². The molecule has 0 radical (unpaired) electrons. The lowest BCUT2D eigenvalue weighted by Crippen LogP contribution is -2.38. The van der Waals surface area contributed by atoms with E-state index in [2.05, 4.69) is 5.32 Å². The Morgan fingerprint density at radius 2 is 1.93 bits per heavy atom. The van der Waals surface area contributed by atoms with Crippen LogP contribution in [-0.4, -0.2) is 36.7 Å². The largest absolute Gasteiger partial charge is 0.350 e. The van der Waals surface area contributed by atoms with Crippen LogP contribution in [0.15, 0.2) is 34.5 Å². The van der Waals surface area contributed by atoms with Crippen molar-refractivity contribution >= 4 is 27.3 Å². The van der Waals surface area contributed by atoms with Crippen LogP contribution in [0.4, 0.5) is 0 Å². The Kier molecular flexibility index (Phi) is 6.55. The maximum absolute atomic E-state index is 13.1. The van der Waals surface area contributed by atoms with Crippen LogP contribution in [0.3, 0.4) is 0 Å². The van der Waals surface area contributed by atoms with E-state index in [1.165, 1.54) is 0 Å². The summed E-state index contributed by atoms with van der Waals surface area (Å²) in [6, 6.07) is 7.28. The van der Waals surface area contributed by atoms with E-state index in [1.807, 2.05) is 24.4 Å². The van der Waals surface area contributed by atoms with Gasteiger partial charge in [0.1, 0.15) is 0 Å². The summed E-state index contributed by atoms with van der Waals surface area (Å²) in [5.74, 6) is 0.604. The lowest BCUT2D eigenvalue weighted by molar-refractivity contribution is -0.127. The number of carbonyl (C=O) groups is 1. The monoisotopic (exact) mass is 447 g/mol. The number of nitrogens with one attached hydrogen (secondary N) is 1. The van der Waals surface area contributed by atoms with Crippen molar-refractivity contribution in [1.82, 2.24) is 14.6 Å². The molecule has 30 heavy (non-hydrogen) atoms. The molecule has 1 amide bonds. The molecule has 8 heteroatoms. The summed E-state index contributed by atoms with van der Waals surface area (Å²) < 4.78 is 27.9. The number of amides is 1. The molecule has 0 unspecified atom stereocenters. The maximum Gasteiger partial charge on any atom is 0.243 e. The van der Waals surface area contributed by atoms with Gasteiger partial charge in [0.15, 0.2) is 0 Å². The molecule has 1 aromatic heterocycles. The van der Waals surface area contributed by atoms with Gasteiger partial charge in [0, 0.05) is 30.3 Å². The number of thiazole rings is 1. The highest BCUT2D eigenvalue weighted by atomic mass is 32.2. The van der Waals surface area contributed by atoms with E-state index in [4.69, 9.17) is 4.98 Å². The van der Waals surface area contributed by atoms with Crippen LogP contribution in [0.25, 0.3) is 0 Å². The number of carbonyl (C=O) groups excluding carboxylic acids is 1. The van der Waals surface area contributed by atoms with Crippen LogP contribution in [-0.2, 0) is 27.8 Å². The lowest BCUT2D eigenvalue weighted by atomic mass is 9.85. The molecule has 2 aromatic rings. The van der Waals surface area contributed by atoms with E-state index < -0.39 is 10.0 Å². The number of aromatic nitrogens is 1. The minimum atomic E-state index is -3.46. The zero-order chi connectivity index (χ0) is 21.1. The third-order valence-corrected chi connectivity index (χ3v) is 9.32. The van der Waals surface area contributed by atoms with Crippen LogP contribution in [0.5, 0.6) is 0 Å². The number of benzene rings is 1. The molecule has 0 spiro atoms. The zero-order valence-electron chi connectivity index (χ0n) is 17.3. The molecule has 1 aliphatic carbocycles. The average molecular weight is 448 g/mol. The number of nitrogens with zero attached hydrogens (tertiary/aromatic N) is 2. The fraction of sp³-hybridized carbons (Fsp3) is 0.545. The Hall–Kier alpha value is -1.77. The molecule has 1 N–H and O–H groups in total. The van der Waals surface area contributed by atoms with Gasteiger partial charge in [-0.3, -0.25) is 4.79 Å². The molecule has 4 rings (SSSR count). The summed E-state index contributed by atoms with van der Waals surface area (Å²) in [5.41, 5.74) is 1.77. The van der Waals surface area contributed by atoms with Crippen molar-refractivity contribution in [3.05, 3.63) is 45.9 Å². The molecule has 1 aromatic carbocycles. The number of piperidine rings is 1. The van der Waals surface area contributed by atoms with E-state index >= 15 is 0 Å². The summed E-state index contributed by atoms with van der Waals surface area (Å²) in [5, 5.41) is 6.05. The Labute approximate surface area is 182 Å². The van der Waals surface area contributed by atoms with Gasteiger partial charge in [-0.05, 0) is 43.7 Å². The van der Waals surface area contributed by atoms with Crippen molar-refractivity contribution in [1.29, 1.82) is 0 Å². The molecule has 2 aliphatic rings. The molecule has 162 valence electrons. The number of rotatable bonds is 7. The Morgan fingerprint density at radius 1 is 1.20 bits per heavy atom. The van der Waals surface area contributed by atoms with Crippen molar-refractivity contribution < 1.29 is 13.2 Å². The SMILES string of the molecule is CCc1ccccc1S(=O)(=O)N1CCC(c2nc(CNC(=O)C3CCC3)cs2)CC1. The van der Waals surface area contributed by atoms with E-state index in [-0.39, 0.29) is 17.7 Å². The third kappa shape index (κ3) is 4.45. The summed E-state index contributed by atoms with van der Waals surface area (Å²) in [7, 11) is -3.46. The molecule has 2 heterocycles. The summed E-state index contributed by atoms with van der Waals surface area (Å²) >= 11 is 1.62. The van der Waals surface area contributed by atoms with Gasteiger partial charge in [-0.2, -0.15) is 4.31 Å². The first kappa shape index (κ1) is 21.5. The van der Waals surface area contributed by atoms with Gasteiger partial charge in [0.2, 0.25) is 15.9 Å². The second-order valence-electron chi connectivity index (χ2n) is 8.16. The fourth-order valence-corrected chi connectivity index (χ4v) is 6.87. The lowest BCUT2D eigenvalue weighted by Gasteiger charge is -2.30. The minimum Gasteiger partial charge on any atom is -0.350 e. The van der Waals surface area contributed by atoms with Gasteiger partial charge in [-0.1, -0.05) is 31.5 Å². The normalized spacial score (nSPS) is 18.8. The summed E-state index contributed by atoms with van der Waals surface area (Å²) in [4.78, 5) is 17.2. The van der Waals surface area contributed by atoms with Crippen molar-refractivity contribution in [3.8, 4) is 0 Å². The fourth-order valence-electron chi connectivity index (χ4n) is 4.11. The van der Waals surface area contributed by atoms with Crippen LogP contribution >= 0.6 is 11.3 Å². The Balaban J connectivity index is 1.34. The second-order valence-corrected chi connectivity index (χ2v) is 11.0. The third-order valence-electron chi connectivity index (χ3n) is 6.26. The number of hydrogen-bond acceptors (Lipinski definition) is 5. The first-order chi connectivity index (χ1) is 14.5. The highest BCUT2D eigenvalue weighted by Gasteiger charge is 2.32. The smallest absolute Gasteiger partial charge is 0.243 e. The number of sulfonamides is 1. The molecular formula is C22H29N3O3S2. The molecule has 1 aliphatic heterocycles. The standard InChI is InChI=1S/C22H29N3O3S2/c1-2-16-6-3-4-9-20(16)30(27,28)25-12-10-18(11-13-25)22-24-19(15-29-22)14-23-21(26)17-7-5-8-17/h3-4,6,9,15,17-18H,2,5,7-8,10-14H2,1H3,(H,23,26). The molecular weight excluding hydrogens is 418 g/mol. The first-order valence-corrected chi connectivity index (χ1v) is 13.1. The second kappa shape index (κ2) is 9.16. The zero-order valence-corrected chi connectivity index (χ0v) is 19.0. The van der Waals surface area contributed by atoms with E-state index in [1.54, 1.807) is 27.8 Å². The quantitative estimate of drug-likeness (QED) is 0.702. The Morgan fingerprint density at radius 3 is 2.60 bits per heavy atom. The highest BCUT2D eigenvalue weighted by Crippen LogP contribution is 2.33. The van der Waals surface area contributed by atoms with Crippen molar-refractivity contribution in [3.63, 3.8) is 0 Å². The molecule has 1 saturated heterocycles. The molecule has 0 atom stereocenters. The van der Waals surface area contributed by atoms with Gasteiger partial charge in [-0.15, -0.1) is 11.3 Å². The van der Waals surface area contributed by atoms with Crippen LogP contribution in [0.1, 0.15) is 61.2 Å². The number of hydrogen-bond donors (Lipinski definition) is 1. The van der Waals surface area contributed by atoms with Gasteiger partial charge < -0.3 is 5.32 Å². The van der Waals surface area contributed by atoms with Crippen LogP contribution in [0.2, 0.25) is 0 Å². The topological polar surface area (TPSA) is 79.4 Å². The average Bonchev–Trinajstić information content (AvgIpc) is 3.20. The molecule has 2 fully saturated rings. The summed E-state index contributed by atoms with van der Waals surface area (Å²) in [6.45, 7) is 3.49. The van der Waals surface area contributed by atoms with Crippen molar-refractivity contribution in [2.75, 3.05) is 13.1 Å². The molecule has 0 bridgehead atoms. The molecule has 6 nitrogen and oxygen atoms in total. The van der Waals surface area contributed by atoms with Crippen molar-refractivity contribution in [2.45, 2.75) is 62.8 Å². The van der Waals surface area contributed by atoms with Gasteiger partial charge in [0.25, 0.3) is 0 Å². The minimum absolute atomic E-state index is 0.140. The molecule has 1 saturated carbocycles. The maximum atomic E-state index is 13.1. The van der Waals surface area contributed by atoms with Crippen LogP contribution < -0.4 is 5.32 Å².